The predicted octanol–water partition coefficient (Wildman–Crippen LogP) is 2.78. The summed E-state index contributed by atoms with van der Waals surface area (Å²) in [6.07, 6.45) is 3.37. The highest BCUT2D eigenvalue weighted by atomic mass is 16.5. The minimum Gasteiger partial charge on any atom is -0.360 e. The Hall–Kier alpha value is -2.56. The molecule has 2 amide bonds. The second kappa shape index (κ2) is 5.67. The molecule has 0 aliphatic carbocycles. The number of amides is 2. The molecule has 1 aromatic heterocycles. The maximum atomic E-state index is 11.5. The lowest BCUT2D eigenvalue weighted by molar-refractivity contribution is 0.255. The third kappa shape index (κ3) is 3.48. The molecule has 5 heteroatoms. The van der Waals surface area contributed by atoms with Gasteiger partial charge in [0.15, 0.2) is 5.82 Å². The van der Waals surface area contributed by atoms with Gasteiger partial charge in [-0.05, 0) is 18.6 Å². The number of aromatic nitrogens is 1. The van der Waals surface area contributed by atoms with Crippen molar-refractivity contribution in [3.63, 3.8) is 0 Å². The zero-order valence-corrected chi connectivity index (χ0v) is 9.88. The largest absolute Gasteiger partial charge is 0.360 e. The van der Waals surface area contributed by atoms with Gasteiger partial charge in [-0.3, -0.25) is 5.32 Å². The van der Waals surface area contributed by atoms with E-state index in [1.165, 1.54) is 0 Å². The molecule has 0 bridgehead atoms. The Morgan fingerprint density at radius 2 is 2.11 bits per heavy atom. The number of carbonyl (C=O) groups excluding carboxylic acids is 1. The quantitative estimate of drug-likeness (QED) is 0.871. The molecule has 0 unspecified atom stereocenters. The zero-order valence-electron chi connectivity index (χ0n) is 9.88. The molecule has 0 spiro atoms. The first-order chi connectivity index (χ1) is 8.74. The van der Waals surface area contributed by atoms with Crippen molar-refractivity contribution >= 4 is 17.9 Å². The Balaban J connectivity index is 1.83. The van der Waals surface area contributed by atoms with Crippen LogP contribution in [0.5, 0.6) is 0 Å². The van der Waals surface area contributed by atoms with Crippen LogP contribution in [-0.2, 0) is 0 Å². The molecular formula is C13H13N3O2. The van der Waals surface area contributed by atoms with Gasteiger partial charge in [-0.2, -0.15) is 0 Å². The van der Waals surface area contributed by atoms with Crippen molar-refractivity contribution < 1.29 is 9.32 Å². The van der Waals surface area contributed by atoms with Gasteiger partial charge in [-0.1, -0.05) is 35.5 Å². The van der Waals surface area contributed by atoms with Crippen LogP contribution in [-0.4, -0.2) is 11.2 Å². The summed E-state index contributed by atoms with van der Waals surface area (Å²) in [6.45, 7) is 1.76. The van der Waals surface area contributed by atoms with Gasteiger partial charge in [0.05, 0.1) is 0 Å². The molecular weight excluding hydrogens is 230 g/mol. The van der Waals surface area contributed by atoms with E-state index >= 15 is 0 Å². The first kappa shape index (κ1) is 11.9. The van der Waals surface area contributed by atoms with E-state index in [0.717, 1.165) is 5.56 Å². The van der Waals surface area contributed by atoms with E-state index in [2.05, 4.69) is 15.8 Å². The number of nitrogens with one attached hydrogen (secondary N) is 2. The lowest BCUT2D eigenvalue weighted by Crippen LogP contribution is -2.23. The minimum absolute atomic E-state index is 0.365. The number of hydrogen-bond acceptors (Lipinski definition) is 3. The normalized spacial score (nSPS) is 10.5. The van der Waals surface area contributed by atoms with Gasteiger partial charge >= 0.3 is 6.03 Å². The maximum Gasteiger partial charge on any atom is 0.324 e. The van der Waals surface area contributed by atoms with Crippen molar-refractivity contribution in [3.05, 3.63) is 53.9 Å². The smallest absolute Gasteiger partial charge is 0.324 e. The van der Waals surface area contributed by atoms with E-state index in [0.29, 0.717) is 11.6 Å². The highest BCUT2D eigenvalue weighted by Gasteiger charge is 2.03. The molecule has 0 aliphatic heterocycles. The van der Waals surface area contributed by atoms with Crippen LogP contribution in [0.1, 0.15) is 11.3 Å². The molecule has 5 nitrogen and oxygen atoms in total. The average Bonchev–Trinajstić information content (AvgIpc) is 2.76. The molecule has 2 rings (SSSR count). The van der Waals surface area contributed by atoms with Gasteiger partial charge in [0.25, 0.3) is 0 Å². The van der Waals surface area contributed by atoms with E-state index in [4.69, 9.17) is 4.52 Å². The Morgan fingerprint density at radius 3 is 2.78 bits per heavy atom. The van der Waals surface area contributed by atoms with Crippen molar-refractivity contribution in [2.75, 3.05) is 5.32 Å². The molecule has 1 heterocycles. The molecule has 0 radical (unpaired) electrons. The van der Waals surface area contributed by atoms with Crippen LogP contribution < -0.4 is 10.6 Å². The van der Waals surface area contributed by atoms with Crippen molar-refractivity contribution in [3.8, 4) is 0 Å². The Morgan fingerprint density at radius 1 is 1.33 bits per heavy atom. The number of anilines is 1. The lowest BCUT2D eigenvalue weighted by Gasteiger charge is -1.99. The van der Waals surface area contributed by atoms with E-state index in [1.54, 1.807) is 25.3 Å². The fraction of sp³-hybridized carbons (Fsp3) is 0.0769. The van der Waals surface area contributed by atoms with Gasteiger partial charge in [0, 0.05) is 12.3 Å². The molecule has 0 aliphatic rings. The van der Waals surface area contributed by atoms with E-state index < -0.39 is 0 Å². The van der Waals surface area contributed by atoms with Crippen LogP contribution in [0.3, 0.4) is 0 Å². The molecule has 18 heavy (non-hydrogen) atoms. The summed E-state index contributed by atoms with van der Waals surface area (Å²) in [4.78, 5) is 11.5. The third-order valence-corrected chi connectivity index (χ3v) is 2.16. The summed E-state index contributed by atoms with van der Waals surface area (Å²) in [5.74, 6) is 1.03. The number of aryl methyl sites for hydroxylation is 1. The van der Waals surface area contributed by atoms with Crippen molar-refractivity contribution in [2.24, 2.45) is 0 Å². The van der Waals surface area contributed by atoms with Crippen LogP contribution >= 0.6 is 0 Å². The first-order valence-corrected chi connectivity index (χ1v) is 5.46. The number of urea groups is 1. The summed E-state index contributed by atoms with van der Waals surface area (Å²) in [5, 5.41) is 8.77. The molecule has 2 aromatic rings. The van der Waals surface area contributed by atoms with Crippen LogP contribution in [0.15, 0.2) is 47.1 Å². The zero-order chi connectivity index (χ0) is 12.8. The van der Waals surface area contributed by atoms with Crippen molar-refractivity contribution in [2.45, 2.75) is 6.92 Å². The third-order valence-electron chi connectivity index (χ3n) is 2.16. The topological polar surface area (TPSA) is 67.2 Å². The lowest BCUT2D eigenvalue weighted by atomic mass is 10.2. The van der Waals surface area contributed by atoms with Gasteiger partial charge in [0.1, 0.15) is 5.76 Å². The van der Waals surface area contributed by atoms with E-state index in [-0.39, 0.29) is 6.03 Å². The fourth-order valence-electron chi connectivity index (χ4n) is 1.36. The fourth-order valence-corrected chi connectivity index (χ4v) is 1.36. The van der Waals surface area contributed by atoms with Crippen LogP contribution in [0.4, 0.5) is 10.6 Å². The highest BCUT2D eigenvalue weighted by molar-refractivity contribution is 5.89. The SMILES string of the molecule is Cc1cc(NC(=O)N/C=C/c2ccccc2)no1. The summed E-state index contributed by atoms with van der Waals surface area (Å²) >= 11 is 0. The minimum atomic E-state index is -0.365. The molecule has 92 valence electrons. The average molecular weight is 243 g/mol. The Bertz CT molecular complexity index is 546. The summed E-state index contributed by atoms with van der Waals surface area (Å²) in [7, 11) is 0. The summed E-state index contributed by atoms with van der Waals surface area (Å²) in [5.41, 5.74) is 1.01. The maximum absolute atomic E-state index is 11.5. The van der Waals surface area contributed by atoms with E-state index in [1.807, 2.05) is 30.3 Å². The Labute approximate surface area is 104 Å². The molecule has 0 fully saturated rings. The highest BCUT2D eigenvalue weighted by Crippen LogP contribution is 2.06. The van der Waals surface area contributed by atoms with Crippen molar-refractivity contribution in [1.82, 2.24) is 10.5 Å². The summed E-state index contributed by atoms with van der Waals surface area (Å²) in [6, 6.07) is 10.9. The van der Waals surface area contributed by atoms with Gasteiger partial charge in [-0.25, -0.2) is 4.79 Å². The number of benzene rings is 1. The molecule has 0 saturated carbocycles. The van der Waals surface area contributed by atoms with Gasteiger partial charge in [0.2, 0.25) is 0 Å². The second-order valence-electron chi connectivity index (χ2n) is 3.67. The first-order valence-electron chi connectivity index (χ1n) is 5.46. The second-order valence-corrected chi connectivity index (χ2v) is 3.67. The molecule has 1 aromatic carbocycles. The van der Waals surface area contributed by atoms with Crippen molar-refractivity contribution in [1.29, 1.82) is 0 Å². The number of nitrogens with zero attached hydrogens (tertiary/aromatic N) is 1. The van der Waals surface area contributed by atoms with Gasteiger partial charge < -0.3 is 9.84 Å². The standard InChI is InChI=1S/C13H13N3O2/c1-10-9-12(16-18-10)15-13(17)14-8-7-11-5-3-2-4-6-11/h2-9H,1H3,(H2,14,15,16,17)/b8-7+. The molecule has 0 saturated heterocycles. The monoisotopic (exact) mass is 243 g/mol. The summed E-state index contributed by atoms with van der Waals surface area (Å²) < 4.78 is 4.83. The van der Waals surface area contributed by atoms with Crippen LogP contribution in [0, 0.1) is 6.92 Å². The van der Waals surface area contributed by atoms with E-state index in [9.17, 15) is 4.79 Å². The van der Waals surface area contributed by atoms with Crippen LogP contribution in [0.2, 0.25) is 0 Å². The molecule has 2 N–H and O–H groups in total. The van der Waals surface area contributed by atoms with Gasteiger partial charge in [-0.15, -0.1) is 0 Å². The Kier molecular flexibility index (Phi) is 3.76. The number of rotatable bonds is 3. The predicted molar refractivity (Wildman–Crippen MR) is 68.9 cm³/mol. The number of carbonyl (C=O) groups is 1. The van der Waals surface area contributed by atoms with Crippen LogP contribution in [0.25, 0.3) is 6.08 Å². The number of hydrogen-bond donors (Lipinski definition) is 2. The molecule has 0 atom stereocenters.